The monoisotopic (exact) mass is 562 g/mol. The predicted octanol–water partition coefficient (Wildman–Crippen LogP) is 7.16. The highest BCUT2D eigenvalue weighted by Gasteiger charge is 2.20. The zero-order chi connectivity index (χ0) is 24.9. The van der Waals surface area contributed by atoms with Gasteiger partial charge < -0.3 is 10.0 Å². The molecule has 0 amide bonds. The number of anilines is 1. The van der Waals surface area contributed by atoms with Gasteiger partial charge in [0.05, 0.1) is 10.7 Å². The largest absolute Gasteiger partial charge is 0.506 e. The lowest BCUT2D eigenvalue weighted by Gasteiger charge is -2.11. The first-order valence-corrected chi connectivity index (χ1v) is 13.6. The zero-order valence-electron chi connectivity index (χ0n) is 18.1. The summed E-state index contributed by atoms with van der Waals surface area (Å²) >= 11 is 18.8. The Bertz CT molecular complexity index is 1250. The van der Waals surface area contributed by atoms with E-state index < -0.39 is 20.7 Å². The Morgan fingerprint density at radius 1 is 0.941 bits per heavy atom. The standard InChI is InChI=1S/C18H11Cl3FNO3S2.C5H11N/c19-10-5-11(20)7-14(6-10)27-13-2-4-18(16(22)9-13)28(25,26)23-12-1-3-15(21)17(24)8-12;1-6-4-2-3-5-6/h1-9,23-24H;2-5H2,1H3. The van der Waals surface area contributed by atoms with Crippen molar-refractivity contribution in [1.29, 1.82) is 0 Å². The van der Waals surface area contributed by atoms with Gasteiger partial charge in [-0.2, -0.15) is 0 Å². The van der Waals surface area contributed by atoms with Gasteiger partial charge in [-0.15, -0.1) is 0 Å². The molecule has 1 heterocycles. The van der Waals surface area contributed by atoms with Crippen LogP contribution in [-0.2, 0) is 10.0 Å². The molecule has 0 radical (unpaired) electrons. The molecule has 1 saturated heterocycles. The van der Waals surface area contributed by atoms with E-state index in [0.717, 1.165) is 18.2 Å². The molecule has 34 heavy (non-hydrogen) atoms. The van der Waals surface area contributed by atoms with Gasteiger partial charge in [-0.3, -0.25) is 4.72 Å². The average Bonchev–Trinajstić information content (AvgIpc) is 3.21. The summed E-state index contributed by atoms with van der Waals surface area (Å²) in [4.78, 5) is 2.98. The van der Waals surface area contributed by atoms with Crippen molar-refractivity contribution in [2.45, 2.75) is 27.5 Å². The van der Waals surface area contributed by atoms with E-state index in [9.17, 15) is 17.9 Å². The Morgan fingerprint density at radius 2 is 1.59 bits per heavy atom. The normalized spacial score (nSPS) is 13.9. The molecule has 0 spiro atoms. The zero-order valence-corrected chi connectivity index (χ0v) is 22.0. The summed E-state index contributed by atoms with van der Waals surface area (Å²) in [7, 11) is -2.03. The van der Waals surface area contributed by atoms with Crippen molar-refractivity contribution in [3.8, 4) is 5.75 Å². The highest BCUT2D eigenvalue weighted by Crippen LogP contribution is 2.34. The summed E-state index contributed by atoms with van der Waals surface area (Å²) in [5.74, 6) is -1.22. The van der Waals surface area contributed by atoms with Crippen molar-refractivity contribution >= 4 is 62.3 Å². The second-order valence-corrected chi connectivity index (χ2v) is 11.7. The van der Waals surface area contributed by atoms with Gasteiger partial charge in [0.2, 0.25) is 0 Å². The average molecular weight is 564 g/mol. The van der Waals surface area contributed by atoms with Gasteiger partial charge in [-0.25, -0.2) is 12.8 Å². The van der Waals surface area contributed by atoms with E-state index in [0.29, 0.717) is 19.8 Å². The van der Waals surface area contributed by atoms with Gasteiger partial charge >= 0.3 is 0 Å². The van der Waals surface area contributed by atoms with Crippen LogP contribution in [0.3, 0.4) is 0 Å². The molecule has 3 aromatic carbocycles. The lowest BCUT2D eigenvalue weighted by Crippen LogP contribution is -2.14. The van der Waals surface area contributed by atoms with E-state index >= 15 is 0 Å². The number of likely N-dealkylation sites (tertiary alicyclic amines) is 1. The van der Waals surface area contributed by atoms with E-state index in [4.69, 9.17) is 34.8 Å². The van der Waals surface area contributed by atoms with Crippen LogP contribution in [0.15, 0.2) is 69.3 Å². The molecular weight excluding hydrogens is 542 g/mol. The van der Waals surface area contributed by atoms with Crippen molar-refractivity contribution in [2.75, 3.05) is 24.9 Å². The quantitative estimate of drug-likeness (QED) is 0.345. The van der Waals surface area contributed by atoms with Gasteiger partial charge in [0.25, 0.3) is 10.0 Å². The predicted molar refractivity (Wildman–Crippen MR) is 138 cm³/mol. The number of hydrogen-bond donors (Lipinski definition) is 2. The van der Waals surface area contributed by atoms with Crippen LogP contribution in [-0.4, -0.2) is 38.6 Å². The molecule has 0 aliphatic carbocycles. The molecule has 3 aromatic rings. The van der Waals surface area contributed by atoms with E-state index in [-0.39, 0.29) is 16.5 Å². The number of phenols is 1. The summed E-state index contributed by atoms with van der Waals surface area (Å²) in [6.45, 7) is 2.64. The SMILES string of the molecule is CN1CCCC1.O=S(=O)(Nc1ccc(Cl)c(O)c1)c1ccc(Sc2cc(Cl)cc(Cl)c2)cc1F. The van der Waals surface area contributed by atoms with Gasteiger partial charge in [-0.1, -0.05) is 46.6 Å². The summed E-state index contributed by atoms with van der Waals surface area (Å²) in [6.07, 6.45) is 2.83. The second-order valence-electron chi connectivity index (χ2n) is 7.58. The highest BCUT2D eigenvalue weighted by molar-refractivity contribution is 7.99. The number of sulfonamides is 1. The summed E-state index contributed by atoms with van der Waals surface area (Å²) in [6, 6.07) is 12.4. The first kappa shape index (κ1) is 26.9. The van der Waals surface area contributed by atoms with Crippen LogP contribution in [0.5, 0.6) is 5.75 Å². The van der Waals surface area contributed by atoms with Crippen LogP contribution in [0.2, 0.25) is 15.1 Å². The number of phenolic OH excluding ortho intramolecular Hbond substituents is 1. The third kappa shape index (κ3) is 7.66. The summed E-state index contributed by atoms with van der Waals surface area (Å²) in [5.41, 5.74) is 0.0494. The summed E-state index contributed by atoms with van der Waals surface area (Å²) < 4.78 is 41.6. The lowest BCUT2D eigenvalue weighted by atomic mass is 10.3. The molecule has 0 atom stereocenters. The van der Waals surface area contributed by atoms with Crippen LogP contribution in [0, 0.1) is 5.82 Å². The molecule has 1 aliphatic rings. The van der Waals surface area contributed by atoms with Crippen molar-refractivity contribution in [3.63, 3.8) is 0 Å². The number of halogens is 4. The number of hydrogen-bond acceptors (Lipinski definition) is 5. The van der Waals surface area contributed by atoms with Gasteiger partial charge in [0.1, 0.15) is 16.5 Å². The molecule has 5 nitrogen and oxygen atoms in total. The number of rotatable bonds is 5. The number of aromatic hydroxyl groups is 1. The molecule has 2 N–H and O–H groups in total. The maximum absolute atomic E-state index is 14.5. The number of nitrogens with one attached hydrogen (secondary N) is 1. The maximum Gasteiger partial charge on any atom is 0.264 e. The van der Waals surface area contributed by atoms with Crippen LogP contribution in [0.25, 0.3) is 0 Å². The fraction of sp³-hybridized carbons (Fsp3) is 0.217. The Morgan fingerprint density at radius 3 is 2.12 bits per heavy atom. The van der Waals surface area contributed by atoms with Crippen molar-refractivity contribution in [3.05, 3.63) is 75.5 Å². The molecule has 11 heteroatoms. The lowest BCUT2D eigenvalue weighted by molar-refractivity contribution is 0.418. The topological polar surface area (TPSA) is 69.6 Å². The first-order valence-electron chi connectivity index (χ1n) is 10.2. The molecule has 1 aliphatic heterocycles. The summed E-state index contributed by atoms with van der Waals surface area (Å²) in [5, 5.41) is 10.5. The molecule has 0 saturated carbocycles. The minimum absolute atomic E-state index is 0.0494. The van der Waals surface area contributed by atoms with Crippen LogP contribution in [0.1, 0.15) is 12.8 Å². The van der Waals surface area contributed by atoms with Gasteiger partial charge in [0, 0.05) is 25.9 Å². The molecule has 0 aromatic heterocycles. The van der Waals surface area contributed by atoms with Crippen LogP contribution in [0.4, 0.5) is 10.1 Å². The van der Waals surface area contributed by atoms with Gasteiger partial charge in [0.15, 0.2) is 0 Å². The molecule has 182 valence electrons. The maximum atomic E-state index is 14.5. The Balaban J connectivity index is 0.000000469. The van der Waals surface area contributed by atoms with E-state index in [1.165, 1.54) is 55.9 Å². The molecule has 4 rings (SSSR count). The van der Waals surface area contributed by atoms with Crippen LogP contribution < -0.4 is 4.72 Å². The number of benzene rings is 3. The fourth-order valence-electron chi connectivity index (χ4n) is 3.15. The van der Waals surface area contributed by atoms with Crippen molar-refractivity contribution in [2.24, 2.45) is 0 Å². The fourth-order valence-corrected chi connectivity index (χ4v) is 5.97. The third-order valence-corrected chi connectivity index (χ3v) is 7.92. The number of nitrogens with zero attached hydrogens (tertiary/aromatic N) is 1. The molecule has 0 unspecified atom stereocenters. The third-order valence-electron chi connectivity index (χ3n) is 4.79. The van der Waals surface area contributed by atoms with E-state index in [1.54, 1.807) is 18.2 Å². The van der Waals surface area contributed by atoms with Crippen LogP contribution >= 0.6 is 46.6 Å². The van der Waals surface area contributed by atoms with Crippen molar-refractivity contribution < 1.29 is 17.9 Å². The minimum Gasteiger partial charge on any atom is -0.506 e. The van der Waals surface area contributed by atoms with E-state index in [1.807, 2.05) is 0 Å². The highest BCUT2D eigenvalue weighted by atomic mass is 35.5. The van der Waals surface area contributed by atoms with Gasteiger partial charge in [-0.05, 0) is 81.5 Å². The first-order chi connectivity index (χ1) is 16.0. The van der Waals surface area contributed by atoms with Crippen molar-refractivity contribution in [1.82, 2.24) is 4.90 Å². The minimum atomic E-state index is -4.21. The molecule has 1 fully saturated rings. The molecule has 0 bridgehead atoms. The van der Waals surface area contributed by atoms with E-state index in [2.05, 4.69) is 16.7 Å². The smallest absolute Gasteiger partial charge is 0.264 e. The Labute approximate surface area is 217 Å². The Kier molecular flexibility index (Phi) is 9.37. The molecular formula is C23H22Cl3FN2O3S2. The second kappa shape index (κ2) is 11.8. The Hall–Kier alpha value is -1.68.